The predicted molar refractivity (Wildman–Crippen MR) is 72.7 cm³/mol. The maximum atomic E-state index is 5.68. The molecule has 0 saturated carbocycles. The standard InChI is InChI=1S/C15H20N2O/c1-12-3-5-13(6-4-12)7-8-14-11-17-15(18-14)9-10-16-2/h3-6,11,16H,7-10H2,1-2H3. The van der Waals surface area contributed by atoms with Gasteiger partial charge < -0.3 is 9.73 Å². The Kier molecular flexibility index (Phi) is 4.53. The third-order valence-electron chi connectivity index (χ3n) is 2.97. The quantitative estimate of drug-likeness (QED) is 0.848. The zero-order valence-corrected chi connectivity index (χ0v) is 11.1. The third-order valence-corrected chi connectivity index (χ3v) is 2.97. The molecule has 2 aromatic rings. The lowest BCUT2D eigenvalue weighted by Gasteiger charge is -2.00. The number of oxazole rings is 1. The number of rotatable bonds is 6. The van der Waals surface area contributed by atoms with Crippen molar-refractivity contribution in [1.29, 1.82) is 0 Å². The van der Waals surface area contributed by atoms with Gasteiger partial charge in [0.1, 0.15) is 5.76 Å². The van der Waals surface area contributed by atoms with Crippen LogP contribution < -0.4 is 5.32 Å². The molecule has 0 unspecified atom stereocenters. The van der Waals surface area contributed by atoms with Crippen LogP contribution in [0.5, 0.6) is 0 Å². The molecule has 1 heterocycles. The smallest absolute Gasteiger partial charge is 0.195 e. The van der Waals surface area contributed by atoms with Crippen LogP contribution in [-0.4, -0.2) is 18.6 Å². The zero-order valence-electron chi connectivity index (χ0n) is 11.1. The van der Waals surface area contributed by atoms with Crippen molar-refractivity contribution in [2.24, 2.45) is 0 Å². The molecule has 0 spiro atoms. The SMILES string of the molecule is CNCCc1ncc(CCc2ccc(C)cc2)o1. The molecule has 1 aromatic carbocycles. The molecule has 18 heavy (non-hydrogen) atoms. The minimum Gasteiger partial charge on any atom is -0.446 e. The first kappa shape index (κ1) is 12.8. The van der Waals surface area contributed by atoms with Crippen LogP contribution in [0.25, 0.3) is 0 Å². The van der Waals surface area contributed by atoms with Crippen molar-refractivity contribution in [3.8, 4) is 0 Å². The molecule has 0 saturated heterocycles. The average molecular weight is 244 g/mol. The van der Waals surface area contributed by atoms with Crippen LogP contribution in [0.1, 0.15) is 22.8 Å². The van der Waals surface area contributed by atoms with E-state index in [0.29, 0.717) is 0 Å². The van der Waals surface area contributed by atoms with Crippen molar-refractivity contribution in [3.63, 3.8) is 0 Å². The highest BCUT2D eigenvalue weighted by Gasteiger charge is 2.03. The summed E-state index contributed by atoms with van der Waals surface area (Å²) in [5.41, 5.74) is 2.64. The van der Waals surface area contributed by atoms with E-state index in [-0.39, 0.29) is 0 Å². The Morgan fingerprint density at radius 1 is 1.11 bits per heavy atom. The summed E-state index contributed by atoms with van der Waals surface area (Å²) >= 11 is 0. The van der Waals surface area contributed by atoms with E-state index in [4.69, 9.17) is 4.42 Å². The molecule has 0 amide bonds. The van der Waals surface area contributed by atoms with Gasteiger partial charge in [-0.25, -0.2) is 4.98 Å². The molecule has 1 N–H and O–H groups in total. The van der Waals surface area contributed by atoms with E-state index in [1.807, 2.05) is 13.2 Å². The largest absolute Gasteiger partial charge is 0.446 e. The second-order valence-electron chi connectivity index (χ2n) is 4.56. The van der Waals surface area contributed by atoms with Gasteiger partial charge in [-0.05, 0) is 26.0 Å². The van der Waals surface area contributed by atoms with Crippen LogP contribution in [0.2, 0.25) is 0 Å². The van der Waals surface area contributed by atoms with Gasteiger partial charge in [0, 0.05) is 19.4 Å². The highest BCUT2D eigenvalue weighted by Crippen LogP contribution is 2.10. The lowest BCUT2D eigenvalue weighted by molar-refractivity contribution is 0.451. The minimum atomic E-state index is 0.822. The summed E-state index contributed by atoms with van der Waals surface area (Å²) in [6.45, 7) is 3.01. The van der Waals surface area contributed by atoms with E-state index in [9.17, 15) is 0 Å². The number of aromatic nitrogens is 1. The summed E-state index contributed by atoms with van der Waals surface area (Å²) in [5, 5.41) is 3.09. The van der Waals surface area contributed by atoms with E-state index in [0.717, 1.165) is 37.5 Å². The van der Waals surface area contributed by atoms with Crippen molar-refractivity contribution in [2.45, 2.75) is 26.2 Å². The lowest BCUT2D eigenvalue weighted by atomic mass is 10.1. The second-order valence-corrected chi connectivity index (χ2v) is 4.56. The monoisotopic (exact) mass is 244 g/mol. The van der Waals surface area contributed by atoms with Gasteiger partial charge in [-0.1, -0.05) is 29.8 Å². The summed E-state index contributed by atoms with van der Waals surface area (Å²) in [5.74, 6) is 1.80. The predicted octanol–water partition coefficient (Wildman–Crippen LogP) is 2.53. The van der Waals surface area contributed by atoms with E-state index in [1.54, 1.807) is 0 Å². The Morgan fingerprint density at radius 3 is 2.61 bits per heavy atom. The average Bonchev–Trinajstić information content (AvgIpc) is 2.84. The molecule has 1 aromatic heterocycles. The molecule has 3 heteroatoms. The molecule has 0 atom stereocenters. The fraction of sp³-hybridized carbons (Fsp3) is 0.400. The van der Waals surface area contributed by atoms with Gasteiger partial charge in [0.2, 0.25) is 0 Å². The first-order valence-corrected chi connectivity index (χ1v) is 6.41. The van der Waals surface area contributed by atoms with E-state index < -0.39 is 0 Å². The zero-order chi connectivity index (χ0) is 12.8. The van der Waals surface area contributed by atoms with Gasteiger partial charge >= 0.3 is 0 Å². The van der Waals surface area contributed by atoms with Crippen LogP contribution in [0.15, 0.2) is 34.9 Å². The molecule has 0 aliphatic carbocycles. The van der Waals surface area contributed by atoms with Crippen molar-refractivity contribution < 1.29 is 4.42 Å². The Morgan fingerprint density at radius 2 is 1.89 bits per heavy atom. The molecular weight excluding hydrogens is 224 g/mol. The van der Waals surface area contributed by atoms with Crippen molar-refractivity contribution in [1.82, 2.24) is 10.3 Å². The number of likely N-dealkylation sites (N-methyl/N-ethyl adjacent to an activating group) is 1. The summed E-state index contributed by atoms with van der Waals surface area (Å²) < 4.78 is 5.68. The molecule has 2 rings (SSSR count). The maximum Gasteiger partial charge on any atom is 0.195 e. The lowest BCUT2D eigenvalue weighted by Crippen LogP contribution is -2.10. The Hall–Kier alpha value is -1.61. The molecular formula is C15H20N2O. The maximum absolute atomic E-state index is 5.68. The summed E-state index contributed by atoms with van der Waals surface area (Å²) in [6, 6.07) is 8.64. The fourth-order valence-electron chi connectivity index (χ4n) is 1.83. The molecule has 0 bridgehead atoms. The third kappa shape index (κ3) is 3.70. The van der Waals surface area contributed by atoms with Crippen LogP contribution in [0, 0.1) is 6.92 Å². The highest BCUT2D eigenvalue weighted by atomic mass is 16.4. The first-order chi connectivity index (χ1) is 8.78. The molecule has 0 aliphatic rings. The fourth-order valence-corrected chi connectivity index (χ4v) is 1.83. The number of hydrogen-bond donors (Lipinski definition) is 1. The molecule has 0 fully saturated rings. The number of benzene rings is 1. The van der Waals surface area contributed by atoms with E-state index in [1.165, 1.54) is 11.1 Å². The molecule has 3 nitrogen and oxygen atoms in total. The van der Waals surface area contributed by atoms with E-state index >= 15 is 0 Å². The molecule has 0 radical (unpaired) electrons. The summed E-state index contributed by atoms with van der Waals surface area (Å²) in [7, 11) is 1.93. The van der Waals surface area contributed by atoms with Crippen LogP contribution in [-0.2, 0) is 19.3 Å². The van der Waals surface area contributed by atoms with Gasteiger partial charge in [-0.15, -0.1) is 0 Å². The van der Waals surface area contributed by atoms with Crippen LogP contribution >= 0.6 is 0 Å². The normalized spacial score (nSPS) is 10.8. The van der Waals surface area contributed by atoms with Gasteiger partial charge in [-0.3, -0.25) is 0 Å². The number of hydrogen-bond acceptors (Lipinski definition) is 3. The number of nitrogens with one attached hydrogen (secondary N) is 1. The van der Waals surface area contributed by atoms with Gasteiger partial charge in [-0.2, -0.15) is 0 Å². The van der Waals surface area contributed by atoms with Crippen molar-refractivity contribution >= 4 is 0 Å². The van der Waals surface area contributed by atoms with Gasteiger partial charge in [0.15, 0.2) is 5.89 Å². The Balaban J connectivity index is 1.86. The molecule has 0 aliphatic heterocycles. The minimum absolute atomic E-state index is 0.822. The van der Waals surface area contributed by atoms with Crippen LogP contribution in [0.4, 0.5) is 0 Å². The van der Waals surface area contributed by atoms with Gasteiger partial charge in [0.25, 0.3) is 0 Å². The number of aryl methyl sites for hydroxylation is 3. The Labute approximate surface area is 108 Å². The van der Waals surface area contributed by atoms with E-state index in [2.05, 4.69) is 41.5 Å². The Bertz CT molecular complexity index is 473. The topological polar surface area (TPSA) is 38.1 Å². The first-order valence-electron chi connectivity index (χ1n) is 6.41. The van der Waals surface area contributed by atoms with Crippen LogP contribution in [0.3, 0.4) is 0 Å². The number of nitrogens with zero attached hydrogens (tertiary/aromatic N) is 1. The van der Waals surface area contributed by atoms with Gasteiger partial charge in [0.05, 0.1) is 6.20 Å². The highest BCUT2D eigenvalue weighted by molar-refractivity contribution is 5.21. The summed E-state index contributed by atoms with van der Waals surface area (Å²) in [4.78, 5) is 4.27. The second kappa shape index (κ2) is 6.36. The molecule has 96 valence electrons. The van der Waals surface area contributed by atoms with Crippen molar-refractivity contribution in [2.75, 3.05) is 13.6 Å². The summed E-state index contributed by atoms with van der Waals surface area (Å²) in [6.07, 6.45) is 4.61. The van der Waals surface area contributed by atoms with Crippen molar-refractivity contribution in [3.05, 3.63) is 53.2 Å².